The van der Waals surface area contributed by atoms with E-state index >= 15 is 0 Å². The summed E-state index contributed by atoms with van der Waals surface area (Å²) in [7, 11) is 0. The van der Waals surface area contributed by atoms with Crippen LogP contribution in [0.2, 0.25) is 5.15 Å². The number of rotatable bonds is 6. The molecule has 10 heteroatoms. The number of alkyl halides is 3. The van der Waals surface area contributed by atoms with Crippen LogP contribution in [0.5, 0.6) is 0 Å². The lowest BCUT2D eigenvalue weighted by Crippen LogP contribution is -2.47. The lowest BCUT2D eigenvalue weighted by Gasteiger charge is -2.18. The van der Waals surface area contributed by atoms with Gasteiger partial charge in [-0.05, 0) is 29.3 Å². The number of carbonyl (C=O) groups is 2. The van der Waals surface area contributed by atoms with Gasteiger partial charge in [-0.3, -0.25) is 9.59 Å². The molecule has 144 valence electrons. The highest BCUT2D eigenvalue weighted by Gasteiger charge is 2.31. The lowest BCUT2D eigenvalue weighted by molar-refractivity contribution is -0.137. The summed E-state index contributed by atoms with van der Waals surface area (Å²) in [5.41, 5.74) is 4.85. The van der Waals surface area contributed by atoms with E-state index in [1.165, 1.54) is 12.3 Å². The molecule has 0 bridgehead atoms. The SMILES string of the molecule is NC(=O)[C@@H](Cc1ccc(Cl)nc1)NC(=O)[C@@H](O)c1ccc(C(F)(F)F)cc1. The molecule has 2 atom stereocenters. The smallest absolute Gasteiger partial charge is 0.378 e. The number of aliphatic hydroxyl groups is 1. The Bertz CT molecular complexity index is 811. The normalized spacial score (nSPS) is 13.7. The second-order valence-electron chi connectivity index (χ2n) is 5.68. The fourth-order valence-electron chi connectivity index (χ4n) is 2.24. The minimum absolute atomic E-state index is 0.00493. The van der Waals surface area contributed by atoms with Crippen molar-refractivity contribution in [2.75, 3.05) is 0 Å². The summed E-state index contributed by atoms with van der Waals surface area (Å²) in [4.78, 5) is 27.6. The van der Waals surface area contributed by atoms with E-state index in [4.69, 9.17) is 17.3 Å². The van der Waals surface area contributed by atoms with Crippen molar-refractivity contribution >= 4 is 23.4 Å². The first-order valence-electron chi connectivity index (χ1n) is 7.63. The van der Waals surface area contributed by atoms with Crippen molar-refractivity contribution in [2.45, 2.75) is 24.7 Å². The molecule has 1 aromatic carbocycles. The molecule has 0 radical (unpaired) electrons. The molecule has 0 aliphatic rings. The van der Waals surface area contributed by atoms with Crippen molar-refractivity contribution in [3.05, 3.63) is 64.4 Å². The van der Waals surface area contributed by atoms with Gasteiger partial charge >= 0.3 is 6.18 Å². The first kappa shape index (κ1) is 20.7. The van der Waals surface area contributed by atoms with E-state index < -0.39 is 35.7 Å². The monoisotopic (exact) mass is 401 g/mol. The molecule has 2 rings (SSSR count). The van der Waals surface area contributed by atoms with Crippen molar-refractivity contribution in [1.29, 1.82) is 0 Å². The summed E-state index contributed by atoms with van der Waals surface area (Å²) in [6.45, 7) is 0. The van der Waals surface area contributed by atoms with Gasteiger partial charge in [0.25, 0.3) is 5.91 Å². The number of pyridine rings is 1. The maximum atomic E-state index is 12.6. The zero-order valence-electron chi connectivity index (χ0n) is 13.7. The Hall–Kier alpha value is -2.65. The van der Waals surface area contributed by atoms with Crippen LogP contribution in [0.15, 0.2) is 42.6 Å². The summed E-state index contributed by atoms with van der Waals surface area (Å²) >= 11 is 5.67. The van der Waals surface area contributed by atoms with Gasteiger partial charge < -0.3 is 16.2 Å². The third kappa shape index (κ3) is 5.66. The van der Waals surface area contributed by atoms with Gasteiger partial charge in [0.1, 0.15) is 11.2 Å². The molecule has 27 heavy (non-hydrogen) atoms. The predicted octanol–water partition coefficient (Wildman–Crippen LogP) is 2.00. The molecule has 0 aliphatic heterocycles. The largest absolute Gasteiger partial charge is 0.416 e. The third-order valence-corrected chi connectivity index (χ3v) is 3.91. The fraction of sp³-hybridized carbons (Fsp3) is 0.235. The standard InChI is InChI=1S/C17H15ClF3N3O3/c18-13-6-1-9(8-23-13)7-12(15(22)26)24-16(27)14(25)10-2-4-11(5-3-10)17(19,20)21/h1-6,8,12,14,25H,7H2,(H2,22,26)(H,24,27)/t12-,14+/m1/s1. The zero-order valence-corrected chi connectivity index (χ0v) is 14.5. The number of hydrogen-bond acceptors (Lipinski definition) is 4. The average Bonchev–Trinajstić information content (AvgIpc) is 2.61. The van der Waals surface area contributed by atoms with Crippen LogP contribution in [0.1, 0.15) is 22.8 Å². The number of benzene rings is 1. The molecule has 2 aromatic rings. The van der Waals surface area contributed by atoms with Crippen molar-refractivity contribution in [3.63, 3.8) is 0 Å². The van der Waals surface area contributed by atoms with Crippen LogP contribution >= 0.6 is 11.6 Å². The highest BCUT2D eigenvalue weighted by atomic mass is 35.5. The molecular weight excluding hydrogens is 387 g/mol. The van der Waals surface area contributed by atoms with E-state index in [-0.39, 0.29) is 17.1 Å². The Kier molecular flexibility index (Phi) is 6.40. The van der Waals surface area contributed by atoms with Crippen molar-refractivity contribution < 1.29 is 27.9 Å². The van der Waals surface area contributed by atoms with Crippen LogP contribution in [-0.2, 0) is 22.2 Å². The summed E-state index contributed by atoms with van der Waals surface area (Å²) in [6.07, 6.45) is -4.89. The summed E-state index contributed by atoms with van der Waals surface area (Å²) in [5.74, 6) is -1.82. The molecule has 0 fully saturated rings. The predicted molar refractivity (Wildman–Crippen MR) is 90.5 cm³/mol. The minimum atomic E-state index is -4.53. The topological polar surface area (TPSA) is 105 Å². The molecule has 0 aliphatic carbocycles. The van der Waals surface area contributed by atoms with E-state index in [1.807, 2.05) is 0 Å². The average molecular weight is 402 g/mol. The van der Waals surface area contributed by atoms with Crippen LogP contribution in [0.25, 0.3) is 0 Å². The van der Waals surface area contributed by atoms with Gasteiger partial charge in [0.2, 0.25) is 5.91 Å². The number of amides is 2. The molecule has 0 saturated heterocycles. The summed E-state index contributed by atoms with van der Waals surface area (Å²) in [6, 6.07) is 5.39. The van der Waals surface area contributed by atoms with Gasteiger partial charge in [0, 0.05) is 12.6 Å². The van der Waals surface area contributed by atoms with Crippen molar-refractivity contribution in [2.24, 2.45) is 5.73 Å². The number of hydrogen-bond donors (Lipinski definition) is 3. The van der Waals surface area contributed by atoms with Crippen LogP contribution < -0.4 is 11.1 Å². The number of aromatic nitrogens is 1. The first-order chi connectivity index (χ1) is 12.6. The minimum Gasteiger partial charge on any atom is -0.378 e. The number of nitrogens with zero attached hydrogens (tertiary/aromatic N) is 1. The van der Waals surface area contributed by atoms with E-state index in [2.05, 4.69) is 10.3 Å². The van der Waals surface area contributed by atoms with Crippen LogP contribution in [0.3, 0.4) is 0 Å². The van der Waals surface area contributed by atoms with Gasteiger partial charge in [-0.1, -0.05) is 29.8 Å². The molecule has 4 N–H and O–H groups in total. The second-order valence-corrected chi connectivity index (χ2v) is 6.07. The van der Waals surface area contributed by atoms with Gasteiger partial charge in [-0.25, -0.2) is 4.98 Å². The maximum absolute atomic E-state index is 12.6. The van der Waals surface area contributed by atoms with Crippen molar-refractivity contribution in [1.82, 2.24) is 10.3 Å². The number of nitrogens with one attached hydrogen (secondary N) is 1. The molecule has 0 spiro atoms. The van der Waals surface area contributed by atoms with Gasteiger partial charge in [0.15, 0.2) is 6.10 Å². The van der Waals surface area contributed by atoms with Gasteiger partial charge in [0.05, 0.1) is 5.56 Å². The Balaban J connectivity index is 2.07. The lowest BCUT2D eigenvalue weighted by atomic mass is 10.0. The third-order valence-electron chi connectivity index (χ3n) is 3.69. The van der Waals surface area contributed by atoms with E-state index in [0.717, 1.165) is 24.3 Å². The number of aliphatic hydroxyl groups excluding tert-OH is 1. The van der Waals surface area contributed by atoms with E-state index in [0.29, 0.717) is 5.56 Å². The van der Waals surface area contributed by atoms with Crippen LogP contribution in [0, 0.1) is 0 Å². The summed E-state index contributed by atoms with van der Waals surface area (Å²) < 4.78 is 37.7. The molecule has 1 aromatic heterocycles. The van der Waals surface area contributed by atoms with E-state index in [9.17, 15) is 27.9 Å². The second kappa shape index (κ2) is 8.36. The Morgan fingerprint density at radius 3 is 2.30 bits per heavy atom. The Labute approximate surface area is 157 Å². The summed E-state index contributed by atoms with van der Waals surface area (Å²) in [5, 5.41) is 12.6. The fourth-order valence-corrected chi connectivity index (χ4v) is 2.35. The van der Waals surface area contributed by atoms with Crippen molar-refractivity contribution in [3.8, 4) is 0 Å². The molecule has 0 unspecified atom stereocenters. The number of halogens is 4. The molecule has 2 amide bonds. The quantitative estimate of drug-likeness (QED) is 0.644. The Morgan fingerprint density at radius 1 is 1.19 bits per heavy atom. The number of nitrogens with two attached hydrogens (primary N) is 1. The highest BCUT2D eigenvalue weighted by molar-refractivity contribution is 6.29. The van der Waals surface area contributed by atoms with E-state index in [1.54, 1.807) is 6.07 Å². The molecular formula is C17H15ClF3N3O3. The van der Waals surface area contributed by atoms with Gasteiger partial charge in [-0.15, -0.1) is 0 Å². The maximum Gasteiger partial charge on any atom is 0.416 e. The van der Waals surface area contributed by atoms with Crippen LogP contribution in [-0.4, -0.2) is 27.9 Å². The number of carbonyl (C=O) groups excluding carboxylic acids is 2. The molecule has 1 heterocycles. The molecule has 0 saturated carbocycles. The highest BCUT2D eigenvalue weighted by Crippen LogP contribution is 2.30. The Morgan fingerprint density at radius 2 is 1.81 bits per heavy atom. The molecule has 6 nitrogen and oxygen atoms in total. The van der Waals surface area contributed by atoms with Gasteiger partial charge in [-0.2, -0.15) is 13.2 Å². The van der Waals surface area contributed by atoms with Crippen LogP contribution in [0.4, 0.5) is 13.2 Å². The number of primary amides is 1. The zero-order chi connectivity index (χ0) is 20.2. The first-order valence-corrected chi connectivity index (χ1v) is 8.01.